The van der Waals surface area contributed by atoms with Crippen LogP contribution in [0.3, 0.4) is 0 Å². The van der Waals surface area contributed by atoms with Crippen molar-refractivity contribution in [1.29, 1.82) is 0 Å². The Hall–Kier alpha value is -3.21. The predicted octanol–water partition coefficient (Wildman–Crippen LogP) is 4.70. The van der Waals surface area contributed by atoms with Crippen LogP contribution >= 0.6 is 0 Å². The fourth-order valence-corrected chi connectivity index (χ4v) is 2.81. The zero-order chi connectivity index (χ0) is 19.2. The van der Waals surface area contributed by atoms with Crippen LogP contribution in [0.15, 0.2) is 71.1 Å². The van der Waals surface area contributed by atoms with Gasteiger partial charge in [0.2, 0.25) is 0 Å². The maximum absolute atomic E-state index is 12.8. The van der Waals surface area contributed by atoms with Crippen molar-refractivity contribution in [2.24, 2.45) is 0 Å². The van der Waals surface area contributed by atoms with Gasteiger partial charge in [-0.3, -0.25) is 4.79 Å². The van der Waals surface area contributed by atoms with E-state index in [4.69, 9.17) is 13.9 Å². The molecule has 3 aromatic rings. The standard InChI is InChI=1S/C22H23NO4/c1-16(19-11-7-8-12-20(19)25-3)23(2)22(24)21-14-13-18(27-21)15-26-17-9-5-4-6-10-17/h4-14,16H,15H2,1-3H3. The first-order valence-electron chi connectivity index (χ1n) is 8.76. The number of rotatable bonds is 7. The molecule has 27 heavy (non-hydrogen) atoms. The molecule has 0 aliphatic carbocycles. The highest BCUT2D eigenvalue weighted by Crippen LogP contribution is 2.29. The van der Waals surface area contributed by atoms with Gasteiger partial charge in [0.05, 0.1) is 13.2 Å². The van der Waals surface area contributed by atoms with Crippen LogP contribution in [0.5, 0.6) is 11.5 Å². The fourth-order valence-electron chi connectivity index (χ4n) is 2.81. The Bertz CT molecular complexity index is 888. The third-order valence-electron chi connectivity index (χ3n) is 4.49. The molecule has 1 heterocycles. The van der Waals surface area contributed by atoms with Crippen LogP contribution in [-0.4, -0.2) is 25.0 Å². The number of methoxy groups -OCH3 is 1. The average Bonchev–Trinajstić information content (AvgIpc) is 3.20. The third-order valence-corrected chi connectivity index (χ3v) is 4.49. The van der Waals surface area contributed by atoms with E-state index in [0.29, 0.717) is 5.76 Å². The SMILES string of the molecule is COc1ccccc1C(C)N(C)C(=O)c1ccc(COc2ccccc2)o1. The summed E-state index contributed by atoms with van der Waals surface area (Å²) in [6.45, 7) is 2.22. The molecule has 3 rings (SSSR count). The number of amides is 1. The van der Waals surface area contributed by atoms with Crippen molar-refractivity contribution in [2.75, 3.05) is 14.2 Å². The van der Waals surface area contributed by atoms with Crippen molar-refractivity contribution in [1.82, 2.24) is 4.90 Å². The number of furan rings is 1. The zero-order valence-electron chi connectivity index (χ0n) is 15.7. The van der Waals surface area contributed by atoms with Crippen LogP contribution in [0.2, 0.25) is 0 Å². The lowest BCUT2D eigenvalue weighted by molar-refractivity contribution is 0.0704. The highest BCUT2D eigenvalue weighted by atomic mass is 16.5. The smallest absolute Gasteiger partial charge is 0.289 e. The second-order valence-electron chi connectivity index (χ2n) is 6.20. The van der Waals surface area contributed by atoms with E-state index < -0.39 is 0 Å². The number of para-hydroxylation sites is 2. The van der Waals surface area contributed by atoms with Gasteiger partial charge in [0, 0.05) is 12.6 Å². The minimum atomic E-state index is -0.195. The second kappa shape index (κ2) is 8.45. The first-order valence-corrected chi connectivity index (χ1v) is 8.76. The molecule has 0 aliphatic heterocycles. The van der Waals surface area contributed by atoms with E-state index in [1.165, 1.54) is 0 Å². The number of carbonyl (C=O) groups is 1. The molecule has 1 atom stereocenters. The summed E-state index contributed by atoms with van der Waals surface area (Å²) in [5, 5.41) is 0. The van der Waals surface area contributed by atoms with Crippen LogP contribution in [-0.2, 0) is 6.61 Å². The summed E-state index contributed by atoms with van der Waals surface area (Å²) in [5.74, 6) is 2.19. The van der Waals surface area contributed by atoms with E-state index in [1.807, 2.05) is 61.5 Å². The quantitative estimate of drug-likeness (QED) is 0.609. The molecule has 0 N–H and O–H groups in total. The van der Waals surface area contributed by atoms with Crippen LogP contribution in [0, 0.1) is 0 Å². The van der Waals surface area contributed by atoms with Gasteiger partial charge >= 0.3 is 0 Å². The molecule has 0 saturated carbocycles. The predicted molar refractivity (Wildman–Crippen MR) is 103 cm³/mol. The van der Waals surface area contributed by atoms with E-state index in [1.54, 1.807) is 31.2 Å². The largest absolute Gasteiger partial charge is 0.496 e. The van der Waals surface area contributed by atoms with E-state index in [9.17, 15) is 4.79 Å². The van der Waals surface area contributed by atoms with Crippen molar-refractivity contribution in [2.45, 2.75) is 19.6 Å². The van der Waals surface area contributed by atoms with Gasteiger partial charge in [0.25, 0.3) is 5.91 Å². The summed E-state index contributed by atoms with van der Waals surface area (Å²) in [5.41, 5.74) is 0.940. The molecule has 0 aliphatic rings. The maximum atomic E-state index is 12.8. The fraction of sp³-hybridized carbons (Fsp3) is 0.227. The van der Waals surface area contributed by atoms with E-state index >= 15 is 0 Å². The number of carbonyl (C=O) groups excluding carboxylic acids is 1. The van der Waals surface area contributed by atoms with E-state index in [2.05, 4.69) is 0 Å². The second-order valence-corrected chi connectivity index (χ2v) is 6.20. The summed E-state index contributed by atoms with van der Waals surface area (Å²) in [6.07, 6.45) is 0. The average molecular weight is 365 g/mol. The Labute approximate surface area is 159 Å². The minimum absolute atomic E-state index is 0.164. The number of hydrogen-bond donors (Lipinski definition) is 0. The van der Waals surface area contributed by atoms with Gasteiger partial charge in [-0.15, -0.1) is 0 Å². The number of hydrogen-bond acceptors (Lipinski definition) is 4. The zero-order valence-corrected chi connectivity index (χ0v) is 15.7. The van der Waals surface area contributed by atoms with Crippen molar-refractivity contribution in [3.8, 4) is 11.5 Å². The maximum Gasteiger partial charge on any atom is 0.289 e. The summed E-state index contributed by atoms with van der Waals surface area (Å²) >= 11 is 0. The molecule has 0 fully saturated rings. The molecule has 140 valence electrons. The van der Waals surface area contributed by atoms with Crippen molar-refractivity contribution in [3.05, 3.63) is 83.8 Å². The molecular formula is C22H23NO4. The van der Waals surface area contributed by atoms with Gasteiger partial charge in [-0.1, -0.05) is 36.4 Å². The van der Waals surface area contributed by atoms with Crippen molar-refractivity contribution >= 4 is 5.91 Å². The molecule has 0 spiro atoms. The molecule has 1 unspecified atom stereocenters. The highest BCUT2D eigenvalue weighted by Gasteiger charge is 2.23. The molecule has 1 aromatic heterocycles. The summed E-state index contributed by atoms with van der Waals surface area (Å²) in [4.78, 5) is 14.4. The van der Waals surface area contributed by atoms with E-state index in [0.717, 1.165) is 17.1 Å². The Balaban J connectivity index is 1.67. The van der Waals surface area contributed by atoms with Gasteiger partial charge in [0.1, 0.15) is 23.9 Å². The van der Waals surface area contributed by atoms with Gasteiger partial charge in [-0.05, 0) is 37.3 Å². The van der Waals surface area contributed by atoms with Crippen LogP contribution < -0.4 is 9.47 Å². The van der Waals surface area contributed by atoms with Gasteiger partial charge in [0.15, 0.2) is 5.76 Å². The van der Waals surface area contributed by atoms with Crippen LogP contribution in [0.25, 0.3) is 0 Å². The van der Waals surface area contributed by atoms with Gasteiger partial charge in [-0.2, -0.15) is 0 Å². The van der Waals surface area contributed by atoms with Gasteiger partial charge < -0.3 is 18.8 Å². The normalized spacial score (nSPS) is 11.7. The minimum Gasteiger partial charge on any atom is -0.496 e. The lowest BCUT2D eigenvalue weighted by Gasteiger charge is -2.25. The van der Waals surface area contributed by atoms with Crippen molar-refractivity contribution < 1.29 is 18.7 Å². The molecular weight excluding hydrogens is 342 g/mol. The summed E-state index contributed by atoms with van der Waals surface area (Å²) in [6, 6.07) is 20.4. The highest BCUT2D eigenvalue weighted by molar-refractivity contribution is 5.91. The topological polar surface area (TPSA) is 51.9 Å². The first-order chi connectivity index (χ1) is 13.1. The first kappa shape index (κ1) is 18.6. The summed E-state index contributed by atoms with van der Waals surface area (Å²) in [7, 11) is 3.38. The molecule has 1 amide bonds. The number of benzene rings is 2. The molecule has 0 bridgehead atoms. The van der Waals surface area contributed by atoms with Crippen LogP contribution in [0.1, 0.15) is 34.8 Å². The molecule has 0 radical (unpaired) electrons. The number of ether oxygens (including phenoxy) is 2. The summed E-state index contributed by atoms with van der Waals surface area (Å²) < 4.78 is 16.7. The molecule has 0 saturated heterocycles. The van der Waals surface area contributed by atoms with E-state index in [-0.39, 0.29) is 24.3 Å². The monoisotopic (exact) mass is 365 g/mol. The molecule has 5 nitrogen and oxygen atoms in total. The lowest BCUT2D eigenvalue weighted by atomic mass is 10.1. The Morgan fingerprint density at radius 3 is 2.48 bits per heavy atom. The lowest BCUT2D eigenvalue weighted by Crippen LogP contribution is -2.29. The Morgan fingerprint density at radius 2 is 1.74 bits per heavy atom. The third kappa shape index (κ3) is 4.31. The molecule has 2 aromatic carbocycles. The Kier molecular flexibility index (Phi) is 5.81. The Morgan fingerprint density at radius 1 is 1.04 bits per heavy atom. The van der Waals surface area contributed by atoms with Crippen LogP contribution in [0.4, 0.5) is 0 Å². The van der Waals surface area contributed by atoms with Gasteiger partial charge in [-0.25, -0.2) is 0 Å². The number of nitrogens with zero attached hydrogens (tertiary/aromatic N) is 1. The molecule has 5 heteroatoms. The van der Waals surface area contributed by atoms with Crippen molar-refractivity contribution in [3.63, 3.8) is 0 Å².